The summed E-state index contributed by atoms with van der Waals surface area (Å²) in [6, 6.07) is 7.78. The fourth-order valence-electron chi connectivity index (χ4n) is 3.95. The highest BCUT2D eigenvalue weighted by molar-refractivity contribution is 7.89. The summed E-state index contributed by atoms with van der Waals surface area (Å²) >= 11 is 1.18. The van der Waals surface area contributed by atoms with E-state index in [1.165, 1.54) is 15.6 Å². The highest BCUT2D eigenvalue weighted by Crippen LogP contribution is 2.29. The highest BCUT2D eigenvalue weighted by Gasteiger charge is 2.33. The number of terminal acetylenes is 1. The van der Waals surface area contributed by atoms with Crippen LogP contribution in [0.3, 0.4) is 0 Å². The van der Waals surface area contributed by atoms with Gasteiger partial charge in [-0.25, -0.2) is 13.2 Å². The molecule has 8 nitrogen and oxygen atoms in total. The Balaban J connectivity index is 1.42. The third kappa shape index (κ3) is 4.50. The van der Waals surface area contributed by atoms with Crippen molar-refractivity contribution in [3.05, 3.63) is 40.8 Å². The molecular formula is C22H23N3O5S2. The Labute approximate surface area is 191 Å². The molecule has 2 fully saturated rings. The number of thiophene rings is 1. The van der Waals surface area contributed by atoms with Crippen molar-refractivity contribution in [2.24, 2.45) is 0 Å². The Hall–Kier alpha value is -2.87. The average molecular weight is 474 g/mol. The maximum absolute atomic E-state index is 12.9. The van der Waals surface area contributed by atoms with E-state index in [1.807, 2.05) is 0 Å². The summed E-state index contributed by atoms with van der Waals surface area (Å²) in [4.78, 5) is 27.2. The maximum atomic E-state index is 12.9. The van der Waals surface area contributed by atoms with Crippen LogP contribution in [0.15, 0.2) is 35.2 Å². The first kappa shape index (κ1) is 22.3. The quantitative estimate of drug-likeness (QED) is 0.674. The minimum atomic E-state index is -3.53. The molecule has 168 valence electrons. The van der Waals surface area contributed by atoms with Crippen LogP contribution in [0.5, 0.6) is 5.06 Å². The molecule has 0 saturated carbocycles. The molecule has 2 saturated heterocycles. The zero-order chi connectivity index (χ0) is 22.9. The smallest absolute Gasteiger partial charge is 0.399 e. The van der Waals surface area contributed by atoms with Gasteiger partial charge in [0.2, 0.25) is 15.9 Å². The molecule has 1 atom stereocenters. The van der Waals surface area contributed by atoms with Gasteiger partial charge in [-0.2, -0.15) is 4.31 Å². The van der Waals surface area contributed by atoms with Gasteiger partial charge in [0.15, 0.2) is 5.06 Å². The van der Waals surface area contributed by atoms with Crippen molar-refractivity contribution >= 4 is 39.0 Å². The van der Waals surface area contributed by atoms with Crippen molar-refractivity contribution in [1.29, 1.82) is 0 Å². The molecule has 10 heteroatoms. The summed E-state index contributed by atoms with van der Waals surface area (Å²) in [5.41, 5.74) is 1.18. The molecule has 32 heavy (non-hydrogen) atoms. The van der Waals surface area contributed by atoms with Crippen molar-refractivity contribution in [2.75, 3.05) is 24.5 Å². The van der Waals surface area contributed by atoms with Crippen LogP contribution >= 0.6 is 11.3 Å². The number of aryl methyl sites for hydroxylation is 1. The van der Waals surface area contributed by atoms with Gasteiger partial charge in [-0.3, -0.25) is 4.79 Å². The zero-order valence-corrected chi connectivity index (χ0v) is 19.2. The average Bonchev–Trinajstić information content (AvgIpc) is 3.49. The Morgan fingerprint density at radius 1 is 1.25 bits per heavy atom. The van der Waals surface area contributed by atoms with Crippen LogP contribution in [-0.2, 0) is 14.8 Å². The Bertz CT molecular complexity index is 1190. The molecule has 2 aliphatic heterocycles. The van der Waals surface area contributed by atoms with Crippen molar-refractivity contribution < 1.29 is 22.7 Å². The van der Waals surface area contributed by atoms with Crippen LogP contribution in [-0.4, -0.2) is 50.4 Å². The van der Waals surface area contributed by atoms with E-state index < -0.39 is 22.2 Å². The molecule has 2 aromatic rings. The van der Waals surface area contributed by atoms with Crippen LogP contribution in [0.2, 0.25) is 0 Å². The molecule has 3 heterocycles. The van der Waals surface area contributed by atoms with Gasteiger partial charge in [0.25, 0.3) is 0 Å². The number of carbonyl (C=O) groups is 2. The van der Waals surface area contributed by atoms with Gasteiger partial charge in [-0.05, 0) is 55.7 Å². The summed E-state index contributed by atoms with van der Waals surface area (Å²) in [6.07, 6.45) is 6.52. The predicted octanol–water partition coefficient (Wildman–Crippen LogP) is 2.72. The molecule has 0 bridgehead atoms. The standard InChI is InChI=1S/C22H23N3O5S2/c1-3-18-7-9-21(31-18)30-22(27)23-16-13-20(26)25(14-16)17-6-8-19(15(2)12-17)32(28,29)24-10-4-5-11-24/h1,6-9,12,16H,4-5,10-11,13-14H2,2H3,(H,23,27)/t16-/m1/s1. The maximum Gasteiger partial charge on any atom is 0.413 e. The van der Waals surface area contributed by atoms with E-state index in [0.29, 0.717) is 34.3 Å². The van der Waals surface area contributed by atoms with Gasteiger partial charge in [-0.1, -0.05) is 17.3 Å². The highest BCUT2D eigenvalue weighted by atomic mass is 32.2. The molecule has 4 rings (SSSR count). The van der Waals surface area contributed by atoms with Crippen molar-refractivity contribution in [3.8, 4) is 17.4 Å². The third-order valence-corrected chi connectivity index (χ3v) is 8.47. The first-order chi connectivity index (χ1) is 15.3. The van der Waals surface area contributed by atoms with E-state index in [9.17, 15) is 18.0 Å². The number of nitrogens with zero attached hydrogens (tertiary/aromatic N) is 2. The largest absolute Gasteiger partial charge is 0.413 e. The number of carbonyl (C=O) groups excluding carboxylic acids is 2. The van der Waals surface area contributed by atoms with E-state index in [1.54, 1.807) is 42.2 Å². The molecule has 0 aliphatic carbocycles. The molecular weight excluding hydrogens is 450 g/mol. The fourth-order valence-corrected chi connectivity index (χ4v) is 6.34. The van der Waals surface area contributed by atoms with Gasteiger partial charge < -0.3 is 15.0 Å². The second-order valence-electron chi connectivity index (χ2n) is 7.76. The summed E-state index contributed by atoms with van der Waals surface area (Å²) in [6.45, 7) is 3.07. The number of ether oxygens (including phenoxy) is 1. The molecule has 0 spiro atoms. The van der Waals surface area contributed by atoms with Crippen LogP contribution in [0.25, 0.3) is 0 Å². The lowest BCUT2D eigenvalue weighted by molar-refractivity contribution is -0.117. The molecule has 2 amide bonds. The summed E-state index contributed by atoms with van der Waals surface area (Å²) in [5, 5.41) is 3.08. The lowest BCUT2D eigenvalue weighted by Crippen LogP contribution is -2.38. The lowest BCUT2D eigenvalue weighted by atomic mass is 10.2. The minimum absolute atomic E-state index is 0.127. The number of anilines is 1. The minimum Gasteiger partial charge on any atom is -0.399 e. The van der Waals surface area contributed by atoms with Gasteiger partial charge in [0, 0.05) is 31.7 Å². The summed E-state index contributed by atoms with van der Waals surface area (Å²) in [5.74, 6) is 2.32. The summed E-state index contributed by atoms with van der Waals surface area (Å²) in [7, 11) is -3.53. The van der Waals surface area contributed by atoms with Gasteiger partial charge >= 0.3 is 6.09 Å². The van der Waals surface area contributed by atoms with Crippen LogP contribution in [0.4, 0.5) is 10.5 Å². The lowest BCUT2D eigenvalue weighted by Gasteiger charge is -2.21. The van der Waals surface area contributed by atoms with Crippen LogP contribution < -0.4 is 15.0 Å². The number of nitrogens with one attached hydrogen (secondary N) is 1. The molecule has 1 aromatic carbocycles. The molecule has 1 N–H and O–H groups in total. The number of rotatable bonds is 5. The number of benzene rings is 1. The summed E-state index contributed by atoms with van der Waals surface area (Å²) < 4.78 is 32.5. The monoisotopic (exact) mass is 473 g/mol. The zero-order valence-electron chi connectivity index (χ0n) is 17.5. The second-order valence-corrected chi connectivity index (χ2v) is 10.7. The molecule has 0 radical (unpaired) electrons. The van der Waals surface area contributed by atoms with E-state index in [0.717, 1.165) is 12.8 Å². The Kier molecular flexibility index (Phi) is 6.24. The first-order valence-corrected chi connectivity index (χ1v) is 12.5. The van der Waals surface area contributed by atoms with Crippen LogP contribution in [0.1, 0.15) is 29.7 Å². The normalized spacial score (nSPS) is 19.2. The van der Waals surface area contributed by atoms with E-state index in [-0.39, 0.29) is 23.8 Å². The van der Waals surface area contributed by atoms with Gasteiger partial charge in [0.1, 0.15) is 0 Å². The van der Waals surface area contributed by atoms with Crippen LogP contribution in [0, 0.1) is 19.3 Å². The topological polar surface area (TPSA) is 96.0 Å². The number of hydrogen-bond donors (Lipinski definition) is 1. The Morgan fingerprint density at radius 2 is 2.00 bits per heavy atom. The third-order valence-electron chi connectivity index (χ3n) is 5.52. The van der Waals surface area contributed by atoms with Crippen molar-refractivity contribution in [1.82, 2.24) is 9.62 Å². The van der Waals surface area contributed by atoms with Crippen molar-refractivity contribution in [3.63, 3.8) is 0 Å². The molecule has 0 unspecified atom stereocenters. The SMILES string of the molecule is C#Cc1ccc(OC(=O)N[C@@H]2CC(=O)N(c3ccc(S(=O)(=O)N4CCCC4)c(C)c3)C2)s1. The number of sulfonamides is 1. The van der Waals surface area contributed by atoms with E-state index in [4.69, 9.17) is 11.2 Å². The second kappa shape index (κ2) is 8.94. The number of hydrogen-bond acceptors (Lipinski definition) is 6. The van der Waals surface area contributed by atoms with Gasteiger partial charge in [-0.15, -0.1) is 6.42 Å². The molecule has 2 aliphatic rings. The van der Waals surface area contributed by atoms with E-state index >= 15 is 0 Å². The first-order valence-electron chi connectivity index (χ1n) is 10.2. The predicted molar refractivity (Wildman–Crippen MR) is 121 cm³/mol. The molecule has 1 aromatic heterocycles. The fraction of sp³-hybridized carbons (Fsp3) is 0.364. The van der Waals surface area contributed by atoms with Crippen molar-refractivity contribution in [2.45, 2.75) is 37.1 Å². The Morgan fingerprint density at radius 3 is 2.66 bits per heavy atom. The van der Waals surface area contributed by atoms with Gasteiger partial charge in [0.05, 0.1) is 15.8 Å². The van der Waals surface area contributed by atoms with E-state index in [2.05, 4.69) is 11.2 Å². The number of amides is 2.